The molecule has 1 atom stereocenters. The number of anilines is 2. The molecule has 0 fully saturated rings. The fraction of sp³-hybridized carbons (Fsp3) is 0.138. The number of nitrogens with zero attached hydrogens (tertiary/aromatic N) is 1. The van der Waals surface area contributed by atoms with E-state index >= 15 is 4.39 Å². The van der Waals surface area contributed by atoms with E-state index < -0.39 is 17.6 Å². The van der Waals surface area contributed by atoms with Crippen LogP contribution in [0.1, 0.15) is 24.0 Å². The summed E-state index contributed by atoms with van der Waals surface area (Å²) in [5.41, 5.74) is 3.04. The molecule has 3 N–H and O–H groups in total. The van der Waals surface area contributed by atoms with Crippen molar-refractivity contribution in [3.8, 4) is 6.07 Å². The number of amides is 2. The highest BCUT2D eigenvalue weighted by molar-refractivity contribution is 8.03. The smallest absolute Gasteiger partial charge is 0.254 e. The summed E-state index contributed by atoms with van der Waals surface area (Å²) in [7, 11) is 0. The number of nitrogens with one attached hydrogen (secondary N) is 3. The molecule has 0 bridgehead atoms. The number of carbonyl (C=O) groups excluding carboxylic acids is 2. The first-order chi connectivity index (χ1) is 18.3. The van der Waals surface area contributed by atoms with Crippen LogP contribution in [0.15, 0.2) is 94.7 Å². The van der Waals surface area contributed by atoms with E-state index in [0.717, 1.165) is 17.3 Å². The van der Waals surface area contributed by atoms with Crippen LogP contribution in [0.3, 0.4) is 0 Å². The van der Waals surface area contributed by atoms with Gasteiger partial charge in [0.2, 0.25) is 5.91 Å². The molecular formula is C29H24ClFN4O2S. The normalized spacial score (nSPS) is 15.0. The van der Waals surface area contributed by atoms with E-state index in [1.165, 1.54) is 6.07 Å². The molecule has 1 aliphatic rings. The first-order valence-corrected chi connectivity index (χ1v) is 13.1. The van der Waals surface area contributed by atoms with Gasteiger partial charge in [0, 0.05) is 33.2 Å². The van der Waals surface area contributed by atoms with Crippen LogP contribution in [-0.2, 0) is 9.59 Å². The van der Waals surface area contributed by atoms with Crippen molar-refractivity contribution >= 4 is 46.6 Å². The van der Waals surface area contributed by atoms with E-state index in [0.29, 0.717) is 27.1 Å². The number of halogens is 2. The zero-order valence-electron chi connectivity index (χ0n) is 20.6. The maximum Gasteiger partial charge on any atom is 0.254 e. The Bertz CT molecular complexity index is 1500. The highest BCUT2D eigenvalue weighted by atomic mass is 35.5. The number of benzene rings is 3. The molecule has 0 radical (unpaired) electrons. The van der Waals surface area contributed by atoms with Gasteiger partial charge in [-0.05, 0) is 49.7 Å². The summed E-state index contributed by atoms with van der Waals surface area (Å²) in [6, 6.07) is 22.3. The number of hydrogen-bond donors (Lipinski definition) is 3. The molecule has 3 aromatic carbocycles. The maximum absolute atomic E-state index is 15.0. The molecule has 0 aromatic heterocycles. The largest absolute Gasteiger partial charge is 0.353 e. The standard InChI is InChI=1S/C29H24ClFN4O2S/c1-17-12-13-20(14-23(17)30)34-25(36)16-38-29-22(15-32)27(21-10-6-7-11-24(21)31)26(18(2)33-29)28(37)35-19-8-4-3-5-9-19/h3-14,27,33H,16H2,1-2H3,(H,34,36)(H,35,37). The molecule has 1 aliphatic heterocycles. The molecule has 0 saturated carbocycles. The highest BCUT2D eigenvalue weighted by Gasteiger charge is 2.36. The number of allylic oxidation sites excluding steroid dienone is 2. The minimum Gasteiger partial charge on any atom is -0.353 e. The second-order valence-electron chi connectivity index (χ2n) is 8.59. The second-order valence-corrected chi connectivity index (χ2v) is 9.99. The first-order valence-electron chi connectivity index (χ1n) is 11.7. The van der Waals surface area contributed by atoms with E-state index in [-0.39, 0.29) is 28.4 Å². The molecular weight excluding hydrogens is 523 g/mol. The summed E-state index contributed by atoms with van der Waals surface area (Å²) in [5, 5.41) is 19.8. The van der Waals surface area contributed by atoms with Crippen molar-refractivity contribution in [2.75, 3.05) is 16.4 Å². The number of hydrogen-bond acceptors (Lipinski definition) is 5. The van der Waals surface area contributed by atoms with Gasteiger partial charge in [-0.2, -0.15) is 5.26 Å². The van der Waals surface area contributed by atoms with Crippen molar-refractivity contribution in [2.24, 2.45) is 0 Å². The van der Waals surface area contributed by atoms with Crippen LogP contribution < -0.4 is 16.0 Å². The third kappa shape index (κ3) is 6.08. The summed E-state index contributed by atoms with van der Waals surface area (Å²) >= 11 is 7.25. The zero-order valence-corrected chi connectivity index (χ0v) is 22.2. The number of thioether (sulfide) groups is 1. The zero-order chi connectivity index (χ0) is 27.2. The van der Waals surface area contributed by atoms with Crippen molar-refractivity contribution in [3.05, 3.63) is 117 Å². The van der Waals surface area contributed by atoms with Crippen LogP contribution in [0.5, 0.6) is 0 Å². The summed E-state index contributed by atoms with van der Waals surface area (Å²) < 4.78 is 15.0. The summed E-state index contributed by atoms with van der Waals surface area (Å²) in [4.78, 5) is 26.1. The Morgan fingerprint density at radius 2 is 1.74 bits per heavy atom. The summed E-state index contributed by atoms with van der Waals surface area (Å²) in [6.45, 7) is 3.56. The number of para-hydroxylation sites is 1. The molecule has 9 heteroatoms. The Morgan fingerprint density at radius 1 is 1.03 bits per heavy atom. The molecule has 1 heterocycles. The molecule has 3 aromatic rings. The van der Waals surface area contributed by atoms with Crippen LogP contribution >= 0.6 is 23.4 Å². The third-order valence-corrected chi connectivity index (χ3v) is 7.37. The Labute approximate surface area is 229 Å². The predicted molar refractivity (Wildman–Crippen MR) is 150 cm³/mol. The number of rotatable bonds is 7. The lowest BCUT2D eigenvalue weighted by Gasteiger charge is -2.30. The average molecular weight is 547 g/mol. The molecule has 0 aliphatic carbocycles. The fourth-order valence-corrected chi connectivity index (χ4v) is 5.15. The molecule has 4 rings (SSSR count). The SMILES string of the molecule is CC1=C(C(=O)Nc2ccccc2)C(c2ccccc2F)C(C#N)=C(SCC(=O)Nc2ccc(C)c(Cl)c2)N1. The monoisotopic (exact) mass is 546 g/mol. The van der Waals surface area contributed by atoms with Crippen LogP contribution in [0.4, 0.5) is 15.8 Å². The van der Waals surface area contributed by atoms with Crippen LogP contribution in [0, 0.1) is 24.1 Å². The van der Waals surface area contributed by atoms with E-state index in [1.54, 1.807) is 67.6 Å². The molecule has 0 saturated heterocycles. The van der Waals surface area contributed by atoms with Gasteiger partial charge < -0.3 is 16.0 Å². The van der Waals surface area contributed by atoms with Gasteiger partial charge in [-0.25, -0.2) is 4.39 Å². The molecule has 0 spiro atoms. The van der Waals surface area contributed by atoms with Gasteiger partial charge in [0.05, 0.1) is 28.3 Å². The van der Waals surface area contributed by atoms with Gasteiger partial charge in [-0.1, -0.05) is 65.8 Å². The van der Waals surface area contributed by atoms with Crippen molar-refractivity contribution in [3.63, 3.8) is 0 Å². The lowest BCUT2D eigenvalue weighted by molar-refractivity contribution is -0.114. The number of nitriles is 1. The van der Waals surface area contributed by atoms with Crippen LogP contribution in [-0.4, -0.2) is 17.6 Å². The first kappa shape index (κ1) is 27.0. The second kappa shape index (κ2) is 12.0. The Morgan fingerprint density at radius 3 is 2.42 bits per heavy atom. The molecule has 2 amide bonds. The fourth-order valence-electron chi connectivity index (χ4n) is 4.07. The van der Waals surface area contributed by atoms with E-state index in [2.05, 4.69) is 22.0 Å². The lowest BCUT2D eigenvalue weighted by atomic mass is 9.82. The Balaban J connectivity index is 1.63. The summed E-state index contributed by atoms with van der Waals surface area (Å²) in [6.07, 6.45) is 0. The van der Waals surface area contributed by atoms with Gasteiger partial charge in [0.1, 0.15) is 5.82 Å². The highest BCUT2D eigenvalue weighted by Crippen LogP contribution is 2.41. The van der Waals surface area contributed by atoms with Crippen LogP contribution in [0.25, 0.3) is 0 Å². The van der Waals surface area contributed by atoms with E-state index in [4.69, 9.17) is 11.6 Å². The van der Waals surface area contributed by atoms with Gasteiger partial charge in [0.25, 0.3) is 5.91 Å². The van der Waals surface area contributed by atoms with Crippen molar-refractivity contribution < 1.29 is 14.0 Å². The molecule has 192 valence electrons. The quantitative estimate of drug-likeness (QED) is 0.315. The van der Waals surface area contributed by atoms with Gasteiger partial charge in [-0.3, -0.25) is 9.59 Å². The van der Waals surface area contributed by atoms with Gasteiger partial charge in [0.15, 0.2) is 0 Å². The van der Waals surface area contributed by atoms with Gasteiger partial charge >= 0.3 is 0 Å². The Kier molecular flexibility index (Phi) is 8.52. The minimum absolute atomic E-state index is 0.0260. The lowest BCUT2D eigenvalue weighted by Crippen LogP contribution is -2.31. The average Bonchev–Trinajstić information content (AvgIpc) is 2.90. The molecule has 6 nitrogen and oxygen atoms in total. The van der Waals surface area contributed by atoms with Crippen LogP contribution in [0.2, 0.25) is 5.02 Å². The van der Waals surface area contributed by atoms with Crippen molar-refractivity contribution in [2.45, 2.75) is 19.8 Å². The molecule has 38 heavy (non-hydrogen) atoms. The van der Waals surface area contributed by atoms with E-state index in [1.807, 2.05) is 13.0 Å². The number of carbonyl (C=O) groups is 2. The molecule has 1 unspecified atom stereocenters. The summed E-state index contributed by atoms with van der Waals surface area (Å²) in [5.74, 6) is -2.30. The topological polar surface area (TPSA) is 94.0 Å². The minimum atomic E-state index is -0.965. The number of dihydropyridines is 1. The van der Waals surface area contributed by atoms with Crippen molar-refractivity contribution in [1.82, 2.24) is 5.32 Å². The van der Waals surface area contributed by atoms with Gasteiger partial charge in [-0.15, -0.1) is 0 Å². The third-order valence-electron chi connectivity index (χ3n) is 5.94. The Hall–Kier alpha value is -4.06. The van der Waals surface area contributed by atoms with E-state index in [9.17, 15) is 14.9 Å². The maximum atomic E-state index is 15.0. The number of aryl methyl sites for hydroxylation is 1. The van der Waals surface area contributed by atoms with Crippen molar-refractivity contribution in [1.29, 1.82) is 5.26 Å². The predicted octanol–water partition coefficient (Wildman–Crippen LogP) is 6.49.